The maximum absolute atomic E-state index is 13.2. The molecular weight excluding hydrogens is 377 g/mol. The van der Waals surface area contributed by atoms with Crippen LogP contribution in [0, 0.1) is 5.82 Å². The van der Waals surface area contributed by atoms with E-state index >= 15 is 0 Å². The summed E-state index contributed by atoms with van der Waals surface area (Å²) >= 11 is 0. The van der Waals surface area contributed by atoms with Gasteiger partial charge in [0.2, 0.25) is 0 Å². The fraction of sp³-hybridized carbons (Fsp3) is 0.0769. The summed E-state index contributed by atoms with van der Waals surface area (Å²) in [5, 5.41) is 3.35. The highest BCUT2D eigenvalue weighted by molar-refractivity contribution is 5.86. The predicted octanol–water partition coefficient (Wildman–Crippen LogP) is 6.92. The van der Waals surface area contributed by atoms with Gasteiger partial charge >= 0.3 is 0 Å². The second kappa shape index (κ2) is 8.70. The molecule has 30 heavy (non-hydrogen) atoms. The Balaban J connectivity index is 1.76. The lowest BCUT2D eigenvalue weighted by molar-refractivity contribution is 0.414. The number of benzene rings is 4. The van der Waals surface area contributed by atoms with E-state index in [0.29, 0.717) is 0 Å². The van der Waals surface area contributed by atoms with Gasteiger partial charge in [-0.1, -0.05) is 30.3 Å². The molecule has 0 saturated heterocycles. The molecule has 4 aromatic rings. The van der Waals surface area contributed by atoms with Crippen LogP contribution < -0.4 is 14.8 Å². The van der Waals surface area contributed by atoms with Gasteiger partial charge in [0.25, 0.3) is 0 Å². The van der Waals surface area contributed by atoms with Crippen molar-refractivity contribution in [3.05, 3.63) is 96.8 Å². The molecule has 0 aliphatic rings. The normalized spacial score (nSPS) is 10.5. The molecule has 3 nitrogen and oxygen atoms in total. The highest BCUT2D eigenvalue weighted by Gasteiger charge is 2.10. The number of hydrogen-bond donors (Lipinski definition) is 1. The molecule has 0 amide bonds. The Bertz CT molecular complexity index is 1120. The van der Waals surface area contributed by atoms with Gasteiger partial charge < -0.3 is 14.8 Å². The van der Waals surface area contributed by atoms with Crippen LogP contribution in [0.1, 0.15) is 0 Å². The Morgan fingerprint density at radius 3 is 1.60 bits per heavy atom. The molecule has 0 bridgehead atoms. The Kier molecular flexibility index (Phi) is 5.66. The molecule has 0 radical (unpaired) electrons. The van der Waals surface area contributed by atoms with Gasteiger partial charge in [0.1, 0.15) is 17.3 Å². The Labute approximate surface area is 175 Å². The van der Waals surface area contributed by atoms with Gasteiger partial charge in [0.15, 0.2) is 0 Å². The lowest BCUT2D eigenvalue weighted by Crippen LogP contribution is -1.93. The van der Waals surface area contributed by atoms with Gasteiger partial charge in [-0.05, 0) is 82.9 Å². The zero-order chi connectivity index (χ0) is 20.9. The van der Waals surface area contributed by atoms with E-state index in [1.54, 1.807) is 26.4 Å². The molecule has 0 saturated carbocycles. The van der Waals surface area contributed by atoms with Gasteiger partial charge in [-0.2, -0.15) is 0 Å². The Morgan fingerprint density at radius 1 is 0.567 bits per heavy atom. The smallest absolute Gasteiger partial charge is 0.123 e. The molecule has 4 rings (SSSR count). The predicted molar refractivity (Wildman–Crippen MR) is 120 cm³/mol. The molecule has 0 aromatic heterocycles. The van der Waals surface area contributed by atoms with Gasteiger partial charge in [0.05, 0.1) is 14.2 Å². The summed E-state index contributed by atoms with van der Waals surface area (Å²) in [4.78, 5) is 0. The first-order valence-corrected chi connectivity index (χ1v) is 9.62. The van der Waals surface area contributed by atoms with E-state index in [0.717, 1.165) is 45.1 Å². The largest absolute Gasteiger partial charge is 0.497 e. The molecule has 0 fully saturated rings. The SMILES string of the molecule is COc1ccc(-c2ccc(Nc3ccc(F)cc3)cc2-c2ccc(OC)cc2)cc1. The molecule has 150 valence electrons. The number of ether oxygens (including phenoxy) is 2. The van der Waals surface area contributed by atoms with Gasteiger partial charge in [-0.25, -0.2) is 4.39 Å². The summed E-state index contributed by atoms with van der Waals surface area (Å²) < 4.78 is 23.8. The van der Waals surface area contributed by atoms with Crippen molar-refractivity contribution in [3.8, 4) is 33.8 Å². The van der Waals surface area contributed by atoms with Crippen LogP contribution in [0.3, 0.4) is 0 Å². The standard InChI is InChI=1S/C26H22FNO2/c1-29-23-12-3-18(4-13-23)25-16-11-22(28-21-9-7-20(27)8-10-21)17-26(25)19-5-14-24(30-2)15-6-19/h3-17,28H,1-2H3. The van der Waals surface area contributed by atoms with Crippen LogP contribution in [0.2, 0.25) is 0 Å². The van der Waals surface area contributed by atoms with Crippen LogP contribution in [0.15, 0.2) is 91.0 Å². The van der Waals surface area contributed by atoms with Crippen LogP contribution >= 0.6 is 0 Å². The highest BCUT2D eigenvalue weighted by atomic mass is 19.1. The van der Waals surface area contributed by atoms with Crippen molar-refractivity contribution >= 4 is 11.4 Å². The molecule has 0 aliphatic heterocycles. The molecule has 0 atom stereocenters. The molecule has 4 aromatic carbocycles. The van der Waals surface area contributed by atoms with Gasteiger partial charge in [-0.15, -0.1) is 0 Å². The monoisotopic (exact) mass is 399 g/mol. The summed E-state index contributed by atoms with van der Waals surface area (Å²) in [6, 6.07) is 28.6. The van der Waals surface area contributed by atoms with E-state index in [2.05, 4.69) is 17.4 Å². The molecule has 4 heteroatoms. The van der Waals surface area contributed by atoms with Crippen molar-refractivity contribution in [2.75, 3.05) is 19.5 Å². The third kappa shape index (κ3) is 4.28. The van der Waals surface area contributed by atoms with E-state index in [-0.39, 0.29) is 5.82 Å². The van der Waals surface area contributed by atoms with E-state index < -0.39 is 0 Å². The lowest BCUT2D eigenvalue weighted by Gasteiger charge is -2.15. The minimum absolute atomic E-state index is 0.255. The first-order chi connectivity index (χ1) is 14.7. The second-order valence-corrected chi connectivity index (χ2v) is 6.85. The van der Waals surface area contributed by atoms with Crippen molar-refractivity contribution in [3.63, 3.8) is 0 Å². The van der Waals surface area contributed by atoms with Crippen LogP contribution in [0.25, 0.3) is 22.3 Å². The number of methoxy groups -OCH3 is 2. The van der Waals surface area contributed by atoms with E-state index in [9.17, 15) is 4.39 Å². The van der Waals surface area contributed by atoms with E-state index in [4.69, 9.17) is 9.47 Å². The maximum Gasteiger partial charge on any atom is 0.123 e. The molecule has 0 unspecified atom stereocenters. The number of rotatable bonds is 6. The number of anilines is 2. The summed E-state index contributed by atoms with van der Waals surface area (Å²) in [6.45, 7) is 0. The highest BCUT2D eigenvalue weighted by Crippen LogP contribution is 2.36. The van der Waals surface area contributed by atoms with E-state index in [1.807, 2.05) is 54.6 Å². The first kappa shape index (κ1) is 19.5. The summed E-state index contributed by atoms with van der Waals surface area (Å²) in [5.74, 6) is 1.37. The fourth-order valence-corrected chi connectivity index (χ4v) is 3.35. The third-order valence-corrected chi connectivity index (χ3v) is 4.95. The molecular formula is C26H22FNO2. The molecule has 0 aliphatic carbocycles. The minimum Gasteiger partial charge on any atom is -0.497 e. The van der Waals surface area contributed by atoms with Gasteiger partial charge in [0, 0.05) is 11.4 Å². The number of nitrogens with one attached hydrogen (secondary N) is 1. The second-order valence-electron chi connectivity index (χ2n) is 6.85. The van der Waals surface area contributed by atoms with Crippen molar-refractivity contribution in [1.29, 1.82) is 0 Å². The zero-order valence-electron chi connectivity index (χ0n) is 16.9. The first-order valence-electron chi connectivity index (χ1n) is 9.62. The van der Waals surface area contributed by atoms with E-state index in [1.165, 1.54) is 12.1 Å². The summed E-state index contributed by atoms with van der Waals surface area (Å²) in [7, 11) is 3.32. The fourth-order valence-electron chi connectivity index (χ4n) is 3.35. The number of hydrogen-bond acceptors (Lipinski definition) is 3. The van der Waals surface area contributed by atoms with Crippen molar-refractivity contribution in [1.82, 2.24) is 0 Å². The minimum atomic E-state index is -0.255. The molecule has 0 spiro atoms. The average Bonchev–Trinajstić information content (AvgIpc) is 2.81. The summed E-state index contributed by atoms with van der Waals surface area (Å²) in [6.07, 6.45) is 0. The Morgan fingerprint density at radius 2 is 1.07 bits per heavy atom. The maximum atomic E-state index is 13.2. The number of halogens is 1. The zero-order valence-corrected chi connectivity index (χ0v) is 16.9. The van der Waals surface area contributed by atoms with Gasteiger partial charge in [-0.3, -0.25) is 0 Å². The van der Waals surface area contributed by atoms with Crippen molar-refractivity contribution in [2.24, 2.45) is 0 Å². The van der Waals surface area contributed by atoms with Crippen molar-refractivity contribution in [2.45, 2.75) is 0 Å². The van der Waals surface area contributed by atoms with Crippen LogP contribution in [-0.4, -0.2) is 14.2 Å². The topological polar surface area (TPSA) is 30.5 Å². The quantitative estimate of drug-likeness (QED) is 0.382. The van der Waals surface area contributed by atoms with Crippen LogP contribution in [-0.2, 0) is 0 Å². The Hall–Kier alpha value is -3.79. The summed E-state index contributed by atoms with van der Waals surface area (Å²) in [5.41, 5.74) is 6.10. The third-order valence-electron chi connectivity index (χ3n) is 4.95. The molecule has 0 heterocycles. The van der Waals surface area contributed by atoms with Crippen LogP contribution in [0.4, 0.5) is 15.8 Å². The van der Waals surface area contributed by atoms with Crippen molar-refractivity contribution < 1.29 is 13.9 Å². The lowest BCUT2D eigenvalue weighted by atomic mass is 9.94. The average molecular weight is 399 g/mol. The molecule has 1 N–H and O–H groups in total. The van der Waals surface area contributed by atoms with Crippen LogP contribution in [0.5, 0.6) is 11.5 Å².